The molecule has 2 aromatic heterocycles. The Labute approximate surface area is 163 Å². The zero-order valence-corrected chi connectivity index (χ0v) is 15.8. The molecule has 1 amide bonds. The number of benzene rings is 1. The molecule has 0 aliphatic carbocycles. The number of hydrogen-bond donors (Lipinski definition) is 1. The highest BCUT2D eigenvalue weighted by atomic mass is 32.1. The highest BCUT2D eigenvalue weighted by Crippen LogP contribution is 2.43. The number of Topliss-reactive ketones (excluding diaryl/α,β-unsaturated/α-hetero) is 1. The Balaban J connectivity index is 1.86. The number of nitrogens with zero attached hydrogens (tertiary/aromatic N) is 2. The molecule has 6 nitrogen and oxygen atoms in total. The van der Waals surface area contributed by atoms with E-state index in [0.29, 0.717) is 21.3 Å². The molecule has 8 heteroatoms. The zero-order chi connectivity index (χ0) is 19.0. The molecule has 0 fully saturated rings. The largest absolute Gasteiger partial charge is 0.503 e. The van der Waals surface area contributed by atoms with Crippen molar-refractivity contribution in [3.05, 3.63) is 75.1 Å². The number of thiazole rings is 1. The highest BCUT2D eigenvalue weighted by molar-refractivity contribution is 7.14. The predicted molar refractivity (Wildman–Crippen MR) is 104 cm³/mol. The van der Waals surface area contributed by atoms with Crippen molar-refractivity contribution < 1.29 is 19.4 Å². The van der Waals surface area contributed by atoms with E-state index in [9.17, 15) is 14.7 Å². The molecular weight excluding hydrogens is 384 g/mol. The molecule has 3 heterocycles. The molecule has 1 aliphatic rings. The van der Waals surface area contributed by atoms with Crippen LogP contribution in [0.15, 0.2) is 64.7 Å². The number of ketones is 1. The van der Waals surface area contributed by atoms with E-state index in [1.165, 1.54) is 27.6 Å². The summed E-state index contributed by atoms with van der Waals surface area (Å²) in [5.41, 5.74) is 0.742. The Morgan fingerprint density at radius 3 is 2.56 bits per heavy atom. The molecule has 4 rings (SSSR count). The standard InChI is InChI=1S/C19H14N2O4S2/c1-25-12-6-4-11(5-7-12)15-14(16(22)13-3-2-9-26-13)17(23)18(24)21(15)19-20-8-10-27-19/h2-10,15,23H,1H3. The summed E-state index contributed by atoms with van der Waals surface area (Å²) in [6.45, 7) is 0. The van der Waals surface area contributed by atoms with E-state index >= 15 is 0 Å². The lowest BCUT2D eigenvalue weighted by atomic mass is 9.95. The SMILES string of the molecule is COc1ccc(C2C(C(=O)c3cccs3)=C(O)C(=O)N2c2nccs2)cc1. The molecule has 27 heavy (non-hydrogen) atoms. The van der Waals surface area contributed by atoms with Crippen molar-refractivity contribution >= 4 is 39.5 Å². The summed E-state index contributed by atoms with van der Waals surface area (Å²) in [7, 11) is 1.56. The third-order valence-corrected chi connectivity index (χ3v) is 5.89. The first-order valence-corrected chi connectivity index (χ1v) is 9.76. The first-order valence-electron chi connectivity index (χ1n) is 8.00. The van der Waals surface area contributed by atoms with Crippen LogP contribution in [0.4, 0.5) is 5.13 Å². The summed E-state index contributed by atoms with van der Waals surface area (Å²) in [5.74, 6) is -0.881. The number of aromatic nitrogens is 1. The quantitative estimate of drug-likeness (QED) is 0.657. The van der Waals surface area contributed by atoms with Gasteiger partial charge >= 0.3 is 0 Å². The Morgan fingerprint density at radius 2 is 1.96 bits per heavy atom. The number of aliphatic hydroxyl groups is 1. The van der Waals surface area contributed by atoms with Gasteiger partial charge in [-0.25, -0.2) is 4.98 Å². The summed E-state index contributed by atoms with van der Waals surface area (Å²) in [5, 5.41) is 14.5. The lowest BCUT2D eigenvalue weighted by molar-refractivity contribution is -0.117. The average molecular weight is 398 g/mol. The van der Waals surface area contributed by atoms with Gasteiger partial charge in [0.1, 0.15) is 5.75 Å². The van der Waals surface area contributed by atoms with Gasteiger partial charge in [-0.15, -0.1) is 22.7 Å². The van der Waals surface area contributed by atoms with E-state index in [-0.39, 0.29) is 11.4 Å². The van der Waals surface area contributed by atoms with Gasteiger partial charge in [0.25, 0.3) is 5.91 Å². The van der Waals surface area contributed by atoms with Crippen LogP contribution in [0.5, 0.6) is 5.75 Å². The van der Waals surface area contributed by atoms with Crippen LogP contribution in [-0.4, -0.2) is 28.9 Å². The average Bonchev–Trinajstić information content (AvgIpc) is 3.44. The van der Waals surface area contributed by atoms with Crippen LogP contribution in [0, 0.1) is 0 Å². The van der Waals surface area contributed by atoms with Gasteiger partial charge in [-0.05, 0) is 29.1 Å². The number of amides is 1. The summed E-state index contributed by atoms with van der Waals surface area (Å²) in [6, 6.07) is 9.73. The summed E-state index contributed by atoms with van der Waals surface area (Å²) in [4.78, 5) is 31.9. The van der Waals surface area contributed by atoms with Gasteiger partial charge in [0.2, 0.25) is 5.78 Å². The van der Waals surface area contributed by atoms with Crippen molar-refractivity contribution in [1.82, 2.24) is 4.98 Å². The summed E-state index contributed by atoms with van der Waals surface area (Å²) in [6.07, 6.45) is 1.58. The van der Waals surface area contributed by atoms with Crippen molar-refractivity contribution in [2.75, 3.05) is 12.0 Å². The Morgan fingerprint density at radius 1 is 1.19 bits per heavy atom. The Hall–Kier alpha value is -2.97. The fourth-order valence-electron chi connectivity index (χ4n) is 3.01. The first-order chi connectivity index (χ1) is 13.1. The predicted octanol–water partition coefficient (Wildman–Crippen LogP) is 4.00. The second-order valence-electron chi connectivity index (χ2n) is 5.73. The van der Waals surface area contributed by atoms with Gasteiger partial charge in [0.15, 0.2) is 10.9 Å². The van der Waals surface area contributed by atoms with Crippen molar-refractivity contribution in [3.8, 4) is 5.75 Å². The number of carbonyl (C=O) groups is 2. The van der Waals surface area contributed by atoms with Crippen LogP contribution in [0.3, 0.4) is 0 Å². The third-order valence-electron chi connectivity index (χ3n) is 4.25. The molecule has 136 valence electrons. The topological polar surface area (TPSA) is 79.7 Å². The fourth-order valence-corrected chi connectivity index (χ4v) is 4.36. The van der Waals surface area contributed by atoms with E-state index in [1.807, 2.05) is 0 Å². The minimum Gasteiger partial charge on any atom is -0.503 e. The van der Waals surface area contributed by atoms with Gasteiger partial charge in [-0.1, -0.05) is 18.2 Å². The number of carbonyl (C=O) groups excluding carboxylic acids is 2. The molecule has 0 radical (unpaired) electrons. The maximum atomic E-state index is 13.1. The van der Waals surface area contributed by atoms with Crippen LogP contribution in [0.25, 0.3) is 0 Å². The van der Waals surface area contributed by atoms with E-state index in [2.05, 4.69) is 4.98 Å². The van der Waals surface area contributed by atoms with Crippen LogP contribution < -0.4 is 9.64 Å². The number of thiophene rings is 1. The second-order valence-corrected chi connectivity index (χ2v) is 7.55. The zero-order valence-electron chi connectivity index (χ0n) is 14.2. The second kappa shape index (κ2) is 6.98. The van der Waals surface area contributed by atoms with Crippen LogP contribution in [0.1, 0.15) is 21.3 Å². The molecular formula is C19H14N2O4S2. The molecule has 1 aromatic carbocycles. The molecule has 3 aromatic rings. The lowest BCUT2D eigenvalue weighted by Gasteiger charge is -2.24. The fraction of sp³-hybridized carbons (Fsp3) is 0.105. The number of rotatable bonds is 5. The van der Waals surface area contributed by atoms with Crippen LogP contribution in [-0.2, 0) is 4.79 Å². The third kappa shape index (κ3) is 2.92. The number of aliphatic hydroxyl groups excluding tert-OH is 1. The van der Waals surface area contributed by atoms with E-state index in [4.69, 9.17) is 4.74 Å². The van der Waals surface area contributed by atoms with E-state index < -0.39 is 17.7 Å². The molecule has 0 spiro atoms. The molecule has 0 saturated heterocycles. The molecule has 1 unspecified atom stereocenters. The maximum absolute atomic E-state index is 13.1. The Kier molecular flexibility index (Phi) is 4.51. The monoisotopic (exact) mass is 398 g/mol. The van der Waals surface area contributed by atoms with E-state index in [0.717, 1.165) is 0 Å². The molecule has 1 N–H and O–H groups in total. The van der Waals surface area contributed by atoms with Crippen molar-refractivity contribution in [1.29, 1.82) is 0 Å². The number of ether oxygens (including phenoxy) is 1. The Bertz CT molecular complexity index is 1010. The lowest BCUT2D eigenvalue weighted by Crippen LogP contribution is -2.30. The van der Waals surface area contributed by atoms with Gasteiger partial charge in [0, 0.05) is 11.6 Å². The maximum Gasteiger partial charge on any atom is 0.296 e. The molecule has 0 saturated carbocycles. The van der Waals surface area contributed by atoms with Crippen molar-refractivity contribution in [2.24, 2.45) is 0 Å². The number of hydrogen-bond acceptors (Lipinski definition) is 7. The normalized spacial score (nSPS) is 16.9. The van der Waals surface area contributed by atoms with Gasteiger partial charge in [0.05, 0.1) is 23.6 Å². The summed E-state index contributed by atoms with van der Waals surface area (Å²) >= 11 is 2.53. The van der Waals surface area contributed by atoms with Gasteiger partial charge in [-0.2, -0.15) is 0 Å². The van der Waals surface area contributed by atoms with Crippen LogP contribution >= 0.6 is 22.7 Å². The first kappa shape index (κ1) is 17.4. The minimum absolute atomic E-state index is 0.0582. The number of methoxy groups -OCH3 is 1. The molecule has 1 atom stereocenters. The van der Waals surface area contributed by atoms with Crippen molar-refractivity contribution in [2.45, 2.75) is 6.04 Å². The highest BCUT2D eigenvalue weighted by Gasteiger charge is 2.45. The smallest absolute Gasteiger partial charge is 0.296 e. The minimum atomic E-state index is -0.760. The summed E-state index contributed by atoms with van der Waals surface area (Å²) < 4.78 is 5.19. The number of anilines is 1. The molecule has 0 bridgehead atoms. The molecule has 1 aliphatic heterocycles. The van der Waals surface area contributed by atoms with Crippen LogP contribution in [0.2, 0.25) is 0 Å². The van der Waals surface area contributed by atoms with Crippen molar-refractivity contribution in [3.63, 3.8) is 0 Å². The van der Waals surface area contributed by atoms with Gasteiger partial charge < -0.3 is 9.84 Å². The van der Waals surface area contributed by atoms with E-state index in [1.54, 1.807) is 60.5 Å². The van der Waals surface area contributed by atoms with Gasteiger partial charge in [-0.3, -0.25) is 14.5 Å².